The number of carbonyl (C=O) groups excluding carboxylic acids is 3. The summed E-state index contributed by atoms with van der Waals surface area (Å²) in [6.07, 6.45) is 5.51. The third-order valence-corrected chi connectivity index (χ3v) is 5.45. The van der Waals surface area contributed by atoms with E-state index in [1.165, 1.54) is 11.3 Å². The van der Waals surface area contributed by atoms with Gasteiger partial charge in [-0.05, 0) is 30.0 Å². The number of nitrogens with one attached hydrogen (secondary N) is 2. The van der Waals surface area contributed by atoms with Crippen molar-refractivity contribution in [3.05, 3.63) is 41.4 Å². The number of benzene rings is 1. The third-order valence-electron chi connectivity index (χ3n) is 4.76. The van der Waals surface area contributed by atoms with E-state index < -0.39 is 11.9 Å². The molecule has 0 fully saturated rings. The fraction of sp³-hybridized carbons (Fsp3) is 0.429. The summed E-state index contributed by atoms with van der Waals surface area (Å²) in [7, 11) is 1.15. The van der Waals surface area contributed by atoms with Gasteiger partial charge in [0.1, 0.15) is 0 Å². The van der Waals surface area contributed by atoms with Crippen molar-refractivity contribution in [3.63, 3.8) is 0 Å². The minimum atomic E-state index is -0.958. The van der Waals surface area contributed by atoms with Crippen LogP contribution in [0.15, 0.2) is 35.8 Å². The third kappa shape index (κ3) is 6.67. The molecule has 0 saturated carbocycles. The molecule has 0 aliphatic carbocycles. The van der Waals surface area contributed by atoms with Crippen LogP contribution in [0.1, 0.15) is 51.0 Å². The van der Waals surface area contributed by atoms with Crippen LogP contribution in [0.2, 0.25) is 0 Å². The van der Waals surface area contributed by atoms with Crippen molar-refractivity contribution in [1.29, 1.82) is 0 Å². The lowest BCUT2D eigenvalue weighted by atomic mass is 9.84. The standard InChI is InChI=1S/C21H27N3O4S/c1-4-6-14(5-2)13-17(18(25)24-21-22-11-12-29-21)15-7-9-16(10-8-15)23-19(26)20(27)28-3/h7-12,14,17H,4-6,13H2,1-3H3,(H,23,26)(H,22,24,25). The predicted molar refractivity (Wildman–Crippen MR) is 114 cm³/mol. The lowest BCUT2D eigenvalue weighted by molar-refractivity contribution is -0.150. The van der Waals surface area contributed by atoms with Crippen molar-refractivity contribution in [1.82, 2.24) is 4.98 Å². The van der Waals surface area contributed by atoms with E-state index in [-0.39, 0.29) is 11.8 Å². The van der Waals surface area contributed by atoms with Gasteiger partial charge in [-0.15, -0.1) is 11.3 Å². The summed E-state index contributed by atoms with van der Waals surface area (Å²) >= 11 is 1.38. The number of aromatic nitrogens is 1. The van der Waals surface area contributed by atoms with Crippen LogP contribution in [0.4, 0.5) is 10.8 Å². The molecule has 7 nitrogen and oxygen atoms in total. The predicted octanol–water partition coefficient (Wildman–Crippen LogP) is 4.19. The minimum Gasteiger partial charge on any atom is -0.462 e. The Morgan fingerprint density at radius 2 is 1.86 bits per heavy atom. The van der Waals surface area contributed by atoms with Gasteiger partial charge in [-0.3, -0.25) is 9.59 Å². The zero-order valence-corrected chi connectivity index (χ0v) is 17.8. The van der Waals surface area contributed by atoms with Crippen LogP contribution in [0.5, 0.6) is 0 Å². The zero-order chi connectivity index (χ0) is 21.2. The molecule has 0 spiro atoms. The van der Waals surface area contributed by atoms with Crippen molar-refractivity contribution < 1.29 is 19.1 Å². The minimum absolute atomic E-state index is 0.0964. The number of ether oxygens (including phenoxy) is 1. The summed E-state index contributed by atoms with van der Waals surface area (Å²) < 4.78 is 4.40. The number of carbonyl (C=O) groups is 3. The second kappa shape index (κ2) is 11.3. The molecule has 1 aromatic heterocycles. The largest absolute Gasteiger partial charge is 0.462 e. The van der Waals surface area contributed by atoms with E-state index in [0.29, 0.717) is 16.7 Å². The maximum absolute atomic E-state index is 13.0. The van der Waals surface area contributed by atoms with Crippen LogP contribution in [-0.2, 0) is 19.1 Å². The van der Waals surface area contributed by atoms with Gasteiger partial charge < -0.3 is 15.4 Å². The molecule has 0 bridgehead atoms. The molecule has 2 atom stereocenters. The molecule has 2 amide bonds. The number of nitrogens with zero attached hydrogens (tertiary/aromatic N) is 1. The molecule has 0 radical (unpaired) electrons. The van der Waals surface area contributed by atoms with E-state index in [2.05, 4.69) is 34.2 Å². The van der Waals surface area contributed by atoms with Crippen molar-refractivity contribution in [2.75, 3.05) is 17.7 Å². The Morgan fingerprint density at radius 3 is 2.41 bits per heavy atom. The summed E-state index contributed by atoms with van der Waals surface area (Å²) in [5.74, 6) is -1.79. The molecule has 2 unspecified atom stereocenters. The maximum Gasteiger partial charge on any atom is 0.396 e. The van der Waals surface area contributed by atoms with Gasteiger partial charge in [-0.1, -0.05) is 45.2 Å². The van der Waals surface area contributed by atoms with Gasteiger partial charge >= 0.3 is 11.9 Å². The number of anilines is 2. The number of hydrogen-bond donors (Lipinski definition) is 2. The summed E-state index contributed by atoms with van der Waals surface area (Å²) in [5.41, 5.74) is 1.31. The van der Waals surface area contributed by atoms with E-state index in [9.17, 15) is 14.4 Å². The van der Waals surface area contributed by atoms with E-state index >= 15 is 0 Å². The number of hydrogen-bond acceptors (Lipinski definition) is 6. The molecule has 0 aliphatic heterocycles. The molecule has 2 rings (SSSR count). The summed E-state index contributed by atoms with van der Waals surface area (Å²) in [6.45, 7) is 4.29. The number of esters is 1. The zero-order valence-electron chi connectivity index (χ0n) is 16.9. The first-order valence-corrected chi connectivity index (χ1v) is 10.6. The topological polar surface area (TPSA) is 97.4 Å². The first kappa shape index (κ1) is 22.5. The molecular formula is C21H27N3O4S. The van der Waals surface area contributed by atoms with Gasteiger partial charge in [-0.25, -0.2) is 9.78 Å². The van der Waals surface area contributed by atoms with Crippen molar-refractivity contribution in [2.45, 2.75) is 45.4 Å². The molecular weight excluding hydrogens is 390 g/mol. The molecule has 1 aromatic carbocycles. The normalized spacial score (nSPS) is 12.7. The quantitative estimate of drug-likeness (QED) is 0.471. The molecule has 0 saturated heterocycles. The van der Waals surface area contributed by atoms with Crippen LogP contribution < -0.4 is 10.6 Å². The molecule has 8 heteroatoms. The number of amides is 2. The molecule has 0 aliphatic rings. The highest BCUT2D eigenvalue weighted by Gasteiger charge is 2.25. The molecule has 2 aromatic rings. The monoisotopic (exact) mass is 417 g/mol. The smallest absolute Gasteiger partial charge is 0.396 e. The van der Waals surface area contributed by atoms with Crippen LogP contribution in [0.3, 0.4) is 0 Å². The lowest BCUT2D eigenvalue weighted by Gasteiger charge is -2.22. The summed E-state index contributed by atoms with van der Waals surface area (Å²) in [6, 6.07) is 6.97. The first-order chi connectivity index (χ1) is 14.0. The summed E-state index contributed by atoms with van der Waals surface area (Å²) in [4.78, 5) is 40.0. The van der Waals surface area contributed by atoms with Gasteiger partial charge in [0.05, 0.1) is 13.0 Å². The fourth-order valence-corrected chi connectivity index (χ4v) is 3.71. The fourth-order valence-electron chi connectivity index (χ4n) is 3.18. The summed E-state index contributed by atoms with van der Waals surface area (Å²) in [5, 5.41) is 7.76. The first-order valence-electron chi connectivity index (χ1n) is 9.68. The van der Waals surface area contributed by atoms with Gasteiger partial charge in [0, 0.05) is 17.3 Å². The average molecular weight is 418 g/mol. The van der Waals surface area contributed by atoms with E-state index in [1.807, 2.05) is 5.38 Å². The van der Waals surface area contributed by atoms with E-state index in [0.717, 1.165) is 38.4 Å². The maximum atomic E-state index is 13.0. The van der Waals surface area contributed by atoms with Crippen LogP contribution in [0, 0.1) is 5.92 Å². The number of rotatable bonds is 9. The Labute approximate surface area is 174 Å². The highest BCUT2D eigenvalue weighted by molar-refractivity contribution is 7.13. The number of thiazole rings is 1. The van der Waals surface area contributed by atoms with E-state index in [1.54, 1.807) is 30.5 Å². The Morgan fingerprint density at radius 1 is 1.14 bits per heavy atom. The van der Waals surface area contributed by atoms with Gasteiger partial charge in [0.25, 0.3) is 0 Å². The van der Waals surface area contributed by atoms with Crippen molar-refractivity contribution >= 4 is 39.9 Å². The molecule has 29 heavy (non-hydrogen) atoms. The second-order valence-electron chi connectivity index (χ2n) is 6.75. The highest BCUT2D eigenvalue weighted by atomic mass is 32.1. The van der Waals surface area contributed by atoms with Gasteiger partial charge in [-0.2, -0.15) is 0 Å². The highest BCUT2D eigenvalue weighted by Crippen LogP contribution is 2.30. The van der Waals surface area contributed by atoms with Gasteiger partial charge in [0.15, 0.2) is 5.13 Å². The van der Waals surface area contributed by atoms with Crippen molar-refractivity contribution in [3.8, 4) is 0 Å². The Hall–Kier alpha value is -2.74. The van der Waals surface area contributed by atoms with Gasteiger partial charge in [0.2, 0.25) is 5.91 Å². The molecule has 2 N–H and O–H groups in total. The molecule has 1 heterocycles. The Balaban J connectivity index is 2.19. The van der Waals surface area contributed by atoms with Crippen LogP contribution in [0.25, 0.3) is 0 Å². The Kier molecular flexibility index (Phi) is 8.79. The second-order valence-corrected chi connectivity index (χ2v) is 7.64. The number of methoxy groups -OCH3 is 1. The van der Waals surface area contributed by atoms with Crippen LogP contribution in [-0.4, -0.2) is 29.9 Å². The Bertz CT molecular complexity index is 806. The molecule has 156 valence electrons. The van der Waals surface area contributed by atoms with E-state index in [4.69, 9.17) is 0 Å². The van der Waals surface area contributed by atoms with Crippen LogP contribution >= 0.6 is 11.3 Å². The lowest BCUT2D eigenvalue weighted by Crippen LogP contribution is -2.24. The SMILES string of the molecule is CCCC(CC)CC(C(=O)Nc1nccs1)c1ccc(NC(=O)C(=O)OC)cc1. The average Bonchev–Trinajstić information content (AvgIpc) is 3.24. The van der Waals surface area contributed by atoms with Crippen molar-refractivity contribution in [2.24, 2.45) is 5.92 Å².